The van der Waals surface area contributed by atoms with E-state index in [1.165, 1.54) is 6.08 Å². The Morgan fingerprint density at radius 1 is 1.15 bits per heavy atom. The van der Waals surface area contributed by atoms with Crippen molar-refractivity contribution in [3.63, 3.8) is 0 Å². The molecule has 0 saturated heterocycles. The molecule has 6 nitrogen and oxygen atoms in total. The van der Waals surface area contributed by atoms with E-state index in [1.807, 2.05) is 4.90 Å². The van der Waals surface area contributed by atoms with E-state index < -0.39 is 15.4 Å². The molecule has 0 fully saturated rings. The van der Waals surface area contributed by atoms with Crippen LogP contribution in [0.5, 0.6) is 0 Å². The molecule has 0 aromatic carbocycles. The second-order valence-corrected chi connectivity index (χ2v) is 8.23. The molecule has 0 heterocycles. The molecule has 3 unspecified atom stereocenters. The Morgan fingerprint density at radius 2 is 1.65 bits per heavy atom. The van der Waals surface area contributed by atoms with Crippen LogP contribution < -0.4 is 29.6 Å². The zero-order valence-electron chi connectivity index (χ0n) is 16.3. The smallest absolute Gasteiger partial charge is 0.747 e. The summed E-state index contributed by atoms with van der Waals surface area (Å²) in [5.74, 6) is 0. The number of unbranched alkanes of at least 4 members (excludes halogenated alkanes) is 2. The van der Waals surface area contributed by atoms with Crippen molar-refractivity contribution >= 4 is 10.1 Å². The number of hydrogen-bond donors (Lipinski definition) is 2. The molecule has 3 atom stereocenters. The van der Waals surface area contributed by atoms with E-state index in [2.05, 4.69) is 13.8 Å². The van der Waals surface area contributed by atoms with Crippen LogP contribution >= 0.6 is 0 Å². The van der Waals surface area contributed by atoms with Crippen LogP contribution in [0.4, 0.5) is 0 Å². The van der Waals surface area contributed by atoms with E-state index in [1.54, 1.807) is 12.2 Å². The molecule has 1 aliphatic rings. The van der Waals surface area contributed by atoms with Crippen LogP contribution in [-0.4, -0.2) is 58.6 Å². The molecule has 146 valence electrons. The topological polar surface area (TPSA) is 101 Å². The molecule has 0 aliphatic heterocycles. The monoisotopic (exact) mass is 397 g/mol. The van der Waals surface area contributed by atoms with Gasteiger partial charge in [-0.2, -0.15) is 0 Å². The summed E-state index contributed by atoms with van der Waals surface area (Å²) >= 11 is 0. The van der Waals surface area contributed by atoms with E-state index in [4.69, 9.17) is 0 Å². The average Bonchev–Trinajstić information content (AvgIpc) is 2.60. The molecule has 0 amide bonds. The van der Waals surface area contributed by atoms with Gasteiger partial charge >= 0.3 is 29.6 Å². The van der Waals surface area contributed by atoms with E-state index in [0.29, 0.717) is 5.70 Å². The third kappa shape index (κ3) is 8.00. The summed E-state index contributed by atoms with van der Waals surface area (Å²) in [6.45, 7) is 4.00. The summed E-state index contributed by atoms with van der Waals surface area (Å²) in [7, 11) is -4.42. The molecule has 0 aromatic heterocycles. The number of aliphatic hydroxyl groups excluding tert-OH is 2. The van der Waals surface area contributed by atoms with Gasteiger partial charge in [0.1, 0.15) is 10.1 Å². The maximum Gasteiger partial charge on any atom is 1.00 e. The number of hydrogen-bond acceptors (Lipinski definition) is 6. The second kappa shape index (κ2) is 13.3. The molecule has 26 heavy (non-hydrogen) atoms. The van der Waals surface area contributed by atoms with Crippen LogP contribution in [0, 0.1) is 0 Å². The summed E-state index contributed by atoms with van der Waals surface area (Å²) in [4.78, 5) is 1.97. The van der Waals surface area contributed by atoms with Gasteiger partial charge in [-0.1, -0.05) is 51.7 Å². The number of allylic oxidation sites excluding steroid dienone is 3. The summed E-state index contributed by atoms with van der Waals surface area (Å²) < 4.78 is 34.3. The van der Waals surface area contributed by atoms with Gasteiger partial charge < -0.3 is 19.7 Å². The first kappa shape index (κ1) is 26.1. The van der Waals surface area contributed by atoms with Crippen molar-refractivity contribution in [2.24, 2.45) is 0 Å². The molecule has 8 heteroatoms. The van der Waals surface area contributed by atoms with E-state index >= 15 is 0 Å². The van der Waals surface area contributed by atoms with Gasteiger partial charge in [0.15, 0.2) is 0 Å². The minimum Gasteiger partial charge on any atom is -0.747 e. The Kier molecular flexibility index (Phi) is 13.4. The Balaban J connectivity index is 0.00000625. The standard InChI is InChI=1S/C18H33NO5S.Na/c1-3-5-8-16(13-20)19(17(14-21)9-6-4-2)15-10-7-11-18(12-15)25(22,23)24;/h7,10-11,16-18,20-21H,3-6,8-9,12-14H2,1-2H3,(H,22,23,24);/q;+1/p-1. The molecule has 0 saturated carbocycles. The molecular weight excluding hydrogens is 365 g/mol. The zero-order chi connectivity index (χ0) is 18.9. The van der Waals surface area contributed by atoms with Crippen LogP contribution in [0.2, 0.25) is 0 Å². The van der Waals surface area contributed by atoms with E-state index in [9.17, 15) is 23.2 Å². The first-order chi connectivity index (χ1) is 11.9. The normalized spacial score (nSPS) is 19.4. The minimum atomic E-state index is -4.42. The number of nitrogens with zero attached hydrogens (tertiary/aromatic N) is 1. The van der Waals surface area contributed by atoms with Crippen LogP contribution in [0.3, 0.4) is 0 Å². The maximum atomic E-state index is 11.4. The van der Waals surface area contributed by atoms with Gasteiger partial charge in [0.2, 0.25) is 0 Å². The van der Waals surface area contributed by atoms with Gasteiger partial charge in [-0.25, -0.2) is 8.42 Å². The van der Waals surface area contributed by atoms with Crippen molar-refractivity contribution in [3.8, 4) is 0 Å². The van der Waals surface area contributed by atoms with Gasteiger partial charge in [-0.3, -0.25) is 0 Å². The molecule has 1 rings (SSSR count). The van der Waals surface area contributed by atoms with Crippen molar-refractivity contribution in [2.45, 2.75) is 76.1 Å². The molecule has 0 spiro atoms. The Morgan fingerprint density at radius 3 is 2.04 bits per heavy atom. The molecule has 0 radical (unpaired) electrons. The number of rotatable bonds is 12. The largest absolute Gasteiger partial charge is 1.00 e. The van der Waals surface area contributed by atoms with Crippen molar-refractivity contribution in [1.29, 1.82) is 0 Å². The summed E-state index contributed by atoms with van der Waals surface area (Å²) in [6.07, 6.45) is 10.2. The Labute approximate surface area is 180 Å². The van der Waals surface area contributed by atoms with Crippen molar-refractivity contribution in [3.05, 3.63) is 23.9 Å². The van der Waals surface area contributed by atoms with Gasteiger partial charge in [-0.15, -0.1) is 0 Å². The predicted octanol–water partition coefficient (Wildman–Crippen LogP) is -0.848. The zero-order valence-corrected chi connectivity index (χ0v) is 19.1. The van der Waals surface area contributed by atoms with Gasteiger partial charge in [-0.05, 0) is 18.9 Å². The fourth-order valence-corrected chi connectivity index (χ4v) is 3.96. The quantitative estimate of drug-likeness (QED) is 0.329. The average molecular weight is 398 g/mol. The van der Waals surface area contributed by atoms with Crippen molar-refractivity contribution in [2.75, 3.05) is 13.2 Å². The minimum absolute atomic E-state index is 0. The third-order valence-corrected chi connectivity index (χ3v) is 5.78. The third-order valence-electron chi connectivity index (χ3n) is 4.72. The van der Waals surface area contributed by atoms with Gasteiger partial charge in [0.05, 0.1) is 30.5 Å². The molecule has 1 aliphatic carbocycles. The molecule has 0 bridgehead atoms. The maximum absolute atomic E-state index is 11.4. The van der Waals surface area contributed by atoms with Gasteiger partial charge in [0.25, 0.3) is 0 Å². The Bertz CT molecular complexity index is 534. The SMILES string of the molecule is CCCCC(CO)N(C1=CC=CC(S(=O)(=O)[O-])C1)C(CO)CCCC.[Na+]. The van der Waals surface area contributed by atoms with E-state index in [0.717, 1.165) is 38.5 Å². The predicted molar refractivity (Wildman–Crippen MR) is 98.0 cm³/mol. The first-order valence-corrected chi connectivity index (χ1v) is 10.7. The van der Waals surface area contributed by atoms with Crippen LogP contribution in [0.25, 0.3) is 0 Å². The van der Waals surface area contributed by atoms with Crippen LogP contribution in [0.15, 0.2) is 23.9 Å². The number of aliphatic hydroxyl groups is 2. The van der Waals surface area contributed by atoms with E-state index in [-0.39, 0.29) is 61.3 Å². The summed E-state index contributed by atoms with van der Waals surface area (Å²) in [6, 6.07) is -0.386. The first-order valence-electron chi connectivity index (χ1n) is 9.21. The summed E-state index contributed by atoms with van der Waals surface area (Å²) in [5, 5.41) is 18.7. The molecule has 0 aromatic rings. The summed E-state index contributed by atoms with van der Waals surface area (Å²) in [5.41, 5.74) is 0.706. The van der Waals surface area contributed by atoms with Crippen molar-refractivity contribution < 1.29 is 52.7 Å². The molecular formula is C18H32NNaO5S. The molecule has 2 N–H and O–H groups in total. The van der Waals surface area contributed by atoms with Gasteiger partial charge in [0, 0.05) is 12.1 Å². The van der Waals surface area contributed by atoms with Crippen LogP contribution in [-0.2, 0) is 10.1 Å². The second-order valence-electron chi connectivity index (χ2n) is 6.64. The Hall–Kier alpha value is 0.110. The van der Waals surface area contributed by atoms with Crippen molar-refractivity contribution in [1.82, 2.24) is 4.90 Å². The van der Waals surface area contributed by atoms with Crippen LogP contribution in [0.1, 0.15) is 58.8 Å². The fraction of sp³-hybridized carbons (Fsp3) is 0.778. The fourth-order valence-electron chi connectivity index (χ4n) is 3.31.